The molecule has 3 N–H and O–H groups in total. The number of pyridine rings is 1. The fourth-order valence-corrected chi connectivity index (χ4v) is 5.74. The zero-order chi connectivity index (χ0) is 35.2. The third-order valence-corrected chi connectivity index (χ3v) is 8.29. The standard InChI is InChI=1S/C36H35FN4O8/c1-21-7-6-10-24(17-21)33(43)40-13-15-41(16-14-40)34(44)26(35(45)46)11-12-38-32(42)28-20-29(27-19-25(37)18-22(2)30(27)39-28)49-31(36(47)48)23-8-4-3-5-9-23/h3-10,17-20,26,31H,11-16H2,1-2H3,(H,38,42)(H,45,46)(H,47,48). The number of carboxylic acid groups (broad SMARTS) is 2. The molecular weight excluding hydrogens is 635 g/mol. The lowest BCUT2D eigenvalue weighted by Gasteiger charge is -2.36. The first-order chi connectivity index (χ1) is 23.4. The molecule has 1 saturated heterocycles. The van der Waals surface area contributed by atoms with E-state index in [0.717, 1.165) is 11.6 Å². The van der Waals surface area contributed by atoms with E-state index in [1.807, 2.05) is 13.0 Å². The maximum absolute atomic E-state index is 14.4. The van der Waals surface area contributed by atoms with Crippen molar-refractivity contribution in [2.75, 3.05) is 32.7 Å². The smallest absolute Gasteiger partial charge is 0.349 e. The van der Waals surface area contributed by atoms with Gasteiger partial charge in [0.05, 0.1) is 5.52 Å². The van der Waals surface area contributed by atoms with Crippen molar-refractivity contribution >= 4 is 40.6 Å². The minimum absolute atomic E-state index is 0.0902. The van der Waals surface area contributed by atoms with Gasteiger partial charge in [0.25, 0.3) is 11.8 Å². The zero-order valence-electron chi connectivity index (χ0n) is 26.9. The number of carbonyl (C=O) groups excluding carboxylic acids is 3. The van der Waals surface area contributed by atoms with E-state index in [0.29, 0.717) is 16.7 Å². The highest BCUT2D eigenvalue weighted by atomic mass is 19.1. The van der Waals surface area contributed by atoms with Crippen molar-refractivity contribution in [2.45, 2.75) is 26.4 Å². The van der Waals surface area contributed by atoms with Gasteiger partial charge in [0, 0.05) is 55.3 Å². The molecule has 49 heavy (non-hydrogen) atoms. The van der Waals surface area contributed by atoms with Gasteiger partial charge in [-0.15, -0.1) is 0 Å². The van der Waals surface area contributed by atoms with Gasteiger partial charge >= 0.3 is 11.9 Å². The van der Waals surface area contributed by atoms with Crippen molar-refractivity contribution in [1.29, 1.82) is 0 Å². The molecule has 2 atom stereocenters. The first-order valence-corrected chi connectivity index (χ1v) is 15.6. The van der Waals surface area contributed by atoms with Crippen LogP contribution >= 0.6 is 0 Å². The van der Waals surface area contributed by atoms with E-state index in [-0.39, 0.29) is 67.4 Å². The molecule has 12 nitrogen and oxygen atoms in total. The van der Waals surface area contributed by atoms with Crippen molar-refractivity contribution in [2.24, 2.45) is 5.92 Å². The molecule has 1 aromatic heterocycles. The Bertz CT molecular complexity index is 1910. The monoisotopic (exact) mass is 670 g/mol. The molecule has 0 radical (unpaired) electrons. The Balaban J connectivity index is 1.26. The van der Waals surface area contributed by atoms with Crippen molar-refractivity contribution in [3.8, 4) is 5.75 Å². The highest BCUT2D eigenvalue weighted by Crippen LogP contribution is 2.32. The van der Waals surface area contributed by atoms with Crippen LogP contribution in [0.5, 0.6) is 5.75 Å². The molecule has 5 rings (SSSR count). The van der Waals surface area contributed by atoms with Crippen molar-refractivity contribution < 1.29 is 43.3 Å². The third-order valence-electron chi connectivity index (χ3n) is 8.29. The minimum Gasteiger partial charge on any atom is -0.481 e. The fraction of sp³-hybridized carbons (Fsp3) is 0.278. The number of carboxylic acids is 2. The molecule has 2 heterocycles. The number of aryl methyl sites for hydroxylation is 2. The van der Waals surface area contributed by atoms with Crippen LogP contribution in [0.15, 0.2) is 72.8 Å². The second-order valence-electron chi connectivity index (χ2n) is 11.8. The Labute approximate surface area is 281 Å². The van der Waals surface area contributed by atoms with E-state index in [1.54, 1.807) is 60.4 Å². The first-order valence-electron chi connectivity index (χ1n) is 15.6. The van der Waals surface area contributed by atoms with Crippen LogP contribution in [0, 0.1) is 25.6 Å². The molecule has 4 aromatic rings. The summed E-state index contributed by atoms with van der Waals surface area (Å²) in [6, 6.07) is 18.9. The number of benzene rings is 3. The summed E-state index contributed by atoms with van der Waals surface area (Å²) in [7, 11) is 0. The van der Waals surface area contributed by atoms with Gasteiger partial charge in [0.2, 0.25) is 12.0 Å². The summed E-state index contributed by atoms with van der Waals surface area (Å²) < 4.78 is 20.3. The van der Waals surface area contributed by atoms with Crippen molar-refractivity contribution in [3.05, 3.63) is 107 Å². The number of hydrogen-bond acceptors (Lipinski definition) is 7. The molecular formula is C36H35FN4O8. The number of fused-ring (bicyclic) bond motifs is 1. The highest BCUT2D eigenvalue weighted by molar-refractivity contribution is 5.99. The predicted octanol–water partition coefficient (Wildman–Crippen LogP) is 4.00. The van der Waals surface area contributed by atoms with Crippen LogP contribution in [0.3, 0.4) is 0 Å². The van der Waals surface area contributed by atoms with Gasteiger partial charge in [0.1, 0.15) is 23.2 Å². The van der Waals surface area contributed by atoms with Gasteiger partial charge < -0.3 is 30.1 Å². The van der Waals surface area contributed by atoms with Gasteiger partial charge in [-0.1, -0.05) is 48.0 Å². The number of aromatic nitrogens is 1. The summed E-state index contributed by atoms with van der Waals surface area (Å²) in [5.74, 6) is -6.33. The van der Waals surface area contributed by atoms with Gasteiger partial charge in [0.15, 0.2) is 0 Å². The van der Waals surface area contributed by atoms with Crippen LogP contribution in [-0.2, 0) is 14.4 Å². The topological polar surface area (TPSA) is 166 Å². The van der Waals surface area contributed by atoms with Gasteiger partial charge in [-0.3, -0.25) is 19.2 Å². The molecule has 1 fully saturated rings. The Hall–Kier alpha value is -5.85. The van der Waals surface area contributed by atoms with Crippen LogP contribution in [0.4, 0.5) is 4.39 Å². The lowest BCUT2D eigenvalue weighted by atomic mass is 10.0. The van der Waals surface area contributed by atoms with E-state index in [9.17, 15) is 38.6 Å². The molecule has 2 unspecified atom stereocenters. The molecule has 1 aliphatic heterocycles. The van der Waals surface area contributed by atoms with Gasteiger partial charge in [-0.25, -0.2) is 14.2 Å². The van der Waals surface area contributed by atoms with E-state index in [2.05, 4.69) is 10.3 Å². The van der Waals surface area contributed by atoms with Gasteiger partial charge in [-0.2, -0.15) is 0 Å². The predicted molar refractivity (Wildman–Crippen MR) is 176 cm³/mol. The van der Waals surface area contributed by atoms with Crippen LogP contribution in [0.2, 0.25) is 0 Å². The molecule has 254 valence electrons. The summed E-state index contributed by atoms with van der Waals surface area (Å²) in [6.07, 6.45) is -1.70. The number of piperazine rings is 1. The summed E-state index contributed by atoms with van der Waals surface area (Å²) in [4.78, 5) is 71.1. The number of carbonyl (C=O) groups is 5. The van der Waals surface area contributed by atoms with Crippen molar-refractivity contribution in [3.63, 3.8) is 0 Å². The zero-order valence-corrected chi connectivity index (χ0v) is 26.9. The number of rotatable bonds is 11. The lowest BCUT2D eigenvalue weighted by Crippen LogP contribution is -2.53. The summed E-state index contributed by atoms with van der Waals surface area (Å²) in [5.41, 5.74) is 2.21. The maximum Gasteiger partial charge on any atom is 0.349 e. The van der Waals surface area contributed by atoms with Crippen LogP contribution in [-0.4, -0.2) is 87.4 Å². The van der Waals surface area contributed by atoms with Crippen molar-refractivity contribution in [1.82, 2.24) is 20.1 Å². The van der Waals surface area contributed by atoms with E-state index >= 15 is 0 Å². The molecule has 1 aliphatic rings. The molecule has 0 saturated carbocycles. The lowest BCUT2D eigenvalue weighted by molar-refractivity contribution is -0.152. The Morgan fingerprint density at radius 2 is 1.57 bits per heavy atom. The van der Waals surface area contributed by atoms with Crippen LogP contribution in [0.25, 0.3) is 10.9 Å². The SMILES string of the molecule is Cc1cccc(C(=O)N2CCN(C(=O)C(CCNC(=O)c3cc(OC(C(=O)O)c4ccccc4)c4cc(F)cc(C)c4n3)C(=O)O)CC2)c1. The van der Waals surface area contributed by atoms with E-state index in [1.165, 1.54) is 17.0 Å². The number of hydrogen-bond donors (Lipinski definition) is 3. The molecule has 0 bridgehead atoms. The van der Waals surface area contributed by atoms with E-state index < -0.39 is 41.6 Å². The number of nitrogens with one attached hydrogen (secondary N) is 1. The Morgan fingerprint density at radius 3 is 2.22 bits per heavy atom. The number of amides is 3. The highest BCUT2D eigenvalue weighted by Gasteiger charge is 2.33. The molecule has 13 heteroatoms. The summed E-state index contributed by atoms with van der Waals surface area (Å²) in [6.45, 7) is 4.09. The molecule has 0 spiro atoms. The maximum atomic E-state index is 14.4. The third kappa shape index (κ3) is 8.00. The molecule has 0 aliphatic carbocycles. The average molecular weight is 671 g/mol. The minimum atomic E-state index is -1.48. The van der Waals surface area contributed by atoms with Gasteiger partial charge in [-0.05, 0) is 50.1 Å². The second kappa shape index (κ2) is 14.9. The Morgan fingerprint density at radius 1 is 0.878 bits per heavy atom. The average Bonchev–Trinajstić information content (AvgIpc) is 3.08. The summed E-state index contributed by atoms with van der Waals surface area (Å²) >= 11 is 0. The molecule has 3 amide bonds. The first kappa shape index (κ1) is 34.5. The summed E-state index contributed by atoms with van der Waals surface area (Å²) in [5, 5.41) is 22.5. The number of aliphatic carboxylic acids is 2. The van der Waals surface area contributed by atoms with Crippen LogP contribution < -0.4 is 10.1 Å². The second-order valence-corrected chi connectivity index (χ2v) is 11.8. The molecule has 3 aromatic carbocycles. The quantitative estimate of drug-likeness (QED) is 0.200. The number of ether oxygens (including phenoxy) is 1. The van der Waals surface area contributed by atoms with Crippen LogP contribution in [0.1, 0.15) is 50.1 Å². The van der Waals surface area contributed by atoms with E-state index in [4.69, 9.17) is 4.74 Å². The fourth-order valence-electron chi connectivity index (χ4n) is 5.74. The normalized spacial score (nSPS) is 14.2. The largest absolute Gasteiger partial charge is 0.481 e. The number of halogens is 1. The Kier molecular flexibility index (Phi) is 10.5. The number of nitrogens with zero attached hydrogens (tertiary/aromatic N) is 3.